The zero-order chi connectivity index (χ0) is 9.80. The first kappa shape index (κ1) is 10.4. The molecule has 0 aliphatic carbocycles. The fourth-order valence-electron chi connectivity index (χ4n) is 2.60. The summed E-state index contributed by atoms with van der Waals surface area (Å²) in [6.07, 6.45) is 5.07. The SMILES string of the molecule is CN(C1CCNCC1)C1CCOCC1. The molecule has 0 aromatic carbocycles. The molecule has 0 saturated carbocycles. The normalized spacial score (nSPS) is 27.0. The summed E-state index contributed by atoms with van der Waals surface area (Å²) in [6, 6.07) is 1.58. The van der Waals surface area contributed by atoms with Gasteiger partial charge in [0, 0.05) is 25.3 Å². The molecule has 2 heterocycles. The average molecular weight is 198 g/mol. The molecule has 0 atom stereocenters. The van der Waals surface area contributed by atoms with Gasteiger partial charge in [-0.3, -0.25) is 0 Å². The third-order valence-corrected chi connectivity index (χ3v) is 3.65. The van der Waals surface area contributed by atoms with Gasteiger partial charge in [-0.1, -0.05) is 0 Å². The van der Waals surface area contributed by atoms with E-state index in [-0.39, 0.29) is 0 Å². The van der Waals surface area contributed by atoms with E-state index in [1.54, 1.807) is 0 Å². The Morgan fingerprint density at radius 1 is 1.00 bits per heavy atom. The lowest BCUT2D eigenvalue weighted by Gasteiger charge is -2.39. The van der Waals surface area contributed by atoms with Gasteiger partial charge < -0.3 is 15.0 Å². The van der Waals surface area contributed by atoms with Gasteiger partial charge in [-0.15, -0.1) is 0 Å². The number of nitrogens with zero attached hydrogens (tertiary/aromatic N) is 1. The van der Waals surface area contributed by atoms with Crippen molar-refractivity contribution in [3.05, 3.63) is 0 Å². The summed E-state index contributed by atoms with van der Waals surface area (Å²) in [7, 11) is 2.30. The maximum atomic E-state index is 5.40. The topological polar surface area (TPSA) is 24.5 Å². The van der Waals surface area contributed by atoms with Crippen LogP contribution in [0.2, 0.25) is 0 Å². The molecule has 1 N–H and O–H groups in total. The van der Waals surface area contributed by atoms with Gasteiger partial charge in [0.25, 0.3) is 0 Å². The standard InChI is InChI=1S/C11H22N2O/c1-13(10-2-6-12-7-3-10)11-4-8-14-9-5-11/h10-12H,2-9H2,1H3. The van der Waals surface area contributed by atoms with Gasteiger partial charge in [0.1, 0.15) is 0 Å². The largest absolute Gasteiger partial charge is 0.381 e. The van der Waals surface area contributed by atoms with Crippen LogP contribution in [0, 0.1) is 0 Å². The monoisotopic (exact) mass is 198 g/mol. The lowest BCUT2D eigenvalue weighted by atomic mass is 10.00. The molecular formula is C11H22N2O. The molecule has 2 rings (SSSR count). The molecule has 0 amide bonds. The van der Waals surface area contributed by atoms with E-state index in [9.17, 15) is 0 Å². The second kappa shape index (κ2) is 5.10. The maximum absolute atomic E-state index is 5.40. The zero-order valence-electron chi connectivity index (χ0n) is 9.17. The highest BCUT2D eigenvalue weighted by Gasteiger charge is 2.25. The zero-order valence-corrected chi connectivity index (χ0v) is 9.17. The van der Waals surface area contributed by atoms with Crippen LogP contribution >= 0.6 is 0 Å². The van der Waals surface area contributed by atoms with Crippen molar-refractivity contribution in [2.24, 2.45) is 0 Å². The Morgan fingerprint density at radius 3 is 2.21 bits per heavy atom. The predicted molar refractivity (Wildman–Crippen MR) is 57.5 cm³/mol. The number of ether oxygens (including phenoxy) is 1. The van der Waals surface area contributed by atoms with E-state index in [4.69, 9.17) is 4.74 Å². The Morgan fingerprint density at radius 2 is 1.57 bits per heavy atom. The third kappa shape index (κ3) is 2.47. The van der Waals surface area contributed by atoms with Crippen molar-refractivity contribution < 1.29 is 4.74 Å². The van der Waals surface area contributed by atoms with Crippen LogP contribution in [0.4, 0.5) is 0 Å². The summed E-state index contributed by atoms with van der Waals surface area (Å²) in [5.41, 5.74) is 0. The van der Waals surface area contributed by atoms with Crippen molar-refractivity contribution in [2.45, 2.75) is 37.8 Å². The van der Waals surface area contributed by atoms with Gasteiger partial charge in [-0.05, 0) is 45.8 Å². The van der Waals surface area contributed by atoms with Gasteiger partial charge in [-0.25, -0.2) is 0 Å². The molecule has 3 heteroatoms. The van der Waals surface area contributed by atoms with E-state index in [0.717, 1.165) is 25.3 Å². The summed E-state index contributed by atoms with van der Waals surface area (Å²) in [5, 5.41) is 3.42. The molecule has 0 bridgehead atoms. The highest BCUT2D eigenvalue weighted by Crippen LogP contribution is 2.19. The molecule has 3 nitrogen and oxygen atoms in total. The summed E-state index contributed by atoms with van der Waals surface area (Å²) in [5.74, 6) is 0. The Labute approximate surface area is 86.8 Å². The summed E-state index contributed by atoms with van der Waals surface area (Å²) in [6.45, 7) is 4.30. The number of nitrogens with one attached hydrogen (secondary N) is 1. The minimum Gasteiger partial charge on any atom is -0.381 e. The summed E-state index contributed by atoms with van der Waals surface area (Å²) < 4.78 is 5.40. The molecule has 2 saturated heterocycles. The lowest BCUT2D eigenvalue weighted by molar-refractivity contribution is 0.0233. The number of hydrogen-bond donors (Lipinski definition) is 1. The van der Waals surface area contributed by atoms with Crippen LogP contribution in [0.1, 0.15) is 25.7 Å². The summed E-state index contributed by atoms with van der Waals surface area (Å²) >= 11 is 0. The maximum Gasteiger partial charge on any atom is 0.0480 e. The van der Waals surface area contributed by atoms with Crippen LogP contribution in [-0.2, 0) is 4.74 Å². The smallest absolute Gasteiger partial charge is 0.0480 e. The Hall–Kier alpha value is -0.120. The van der Waals surface area contributed by atoms with E-state index in [0.29, 0.717) is 0 Å². The fourth-order valence-corrected chi connectivity index (χ4v) is 2.60. The van der Waals surface area contributed by atoms with E-state index in [1.165, 1.54) is 38.8 Å². The van der Waals surface area contributed by atoms with Crippen LogP contribution in [0.15, 0.2) is 0 Å². The molecule has 0 aromatic rings. The first-order chi connectivity index (χ1) is 6.88. The lowest BCUT2D eigenvalue weighted by Crippen LogP contribution is -2.47. The van der Waals surface area contributed by atoms with E-state index >= 15 is 0 Å². The molecular weight excluding hydrogens is 176 g/mol. The average Bonchev–Trinajstić information content (AvgIpc) is 2.30. The number of piperidine rings is 1. The third-order valence-electron chi connectivity index (χ3n) is 3.65. The first-order valence-corrected chi connectivity index (χ1v) is 5.88. The molecule has 2 aliphatic heterocycles. The van der Waals surface area contributed by atoms with E-state index in [2.05, 4.69) is 17.3 Å². The van der Waals surface area contributed by atoms with Gasteiger partial charge >= 0.3 is 0 Å². The van der Waals surface area contributed by atoms with Crippen LogP contribution in [-0.4, -0.2) is 50.3 Å². The van der Waals surface area contributed by atoms with Crippen LogP contribution in [0.25, 0.3) is 0 Å². The Balaban J connectivity index is 1.82. The molecule has 14 heavy (non-hydrogen) atoms. The van der Waals surface area contributed by atoms with Crippen molar-refractivity contribution in [3.63, 3.8) is 0 Å². The quantitative estimate of drug-likeness (QED) is 0.712. The Kier molecular flexibility index (Phi) is 3.79. The summed E-state index contributed by atoms with van der Waals surface area (Å²) in [4.78, 5) is 2.60. The van der Waals surface area contributed by atoms with Gasteiger partial charge in [0.15, 0.2) is 0 Å². The van der Waals surface area contributed by atoms with Gasteiger partial charge in [-0.2, -0.15) is 0 Å². The molecule has 0 aromatic heterocycles. The molecule has 0 spiro atoms. The second-order valence-electron chi connectivity index (χ2n) is 4.49. The van der Waals surface area contributed by atoms with Gasteiger partial charge in [0.2, 0.25) is 0 Å². The number of rotatable bonds is 2. The molecule has 2 fully saturated rings. The first-order valence-electron chi connectivity index (χ1n) is 5.88. The van der Waals surface area contributed by atoms with Crippen molar-refractivity contribution in [3.8, 4) is 0 Å². The van der Waals surface area contributed by atoms with Crippen molar-refractivity contribution in [1.29, 1.82) is 0 Å². The van der Waals surface area contributed by atoms with Crippen molar-refractivity contribution in [1.82, 2.24) is 10.2 Å². The second-order valence-corrected chi connectivity index (χ2v) is 4.49. The van der Waals surface area contributed by atoms with E-state index in [1.807, 2.05) is 0 Å². The minimum atomic E-state index is 0.770. The highest BCUT2D eigenvalue weighted by atomic mass is 16.5. The molecule has 0 radical (unpaired) electrons. The fraction of sp³-hybridized carbons (Fsp3) is 1.00. The highest BCUT2D eigenvalue weighted by molar-refractivity contribution is 4.81. The van der Waals surface area contributed by atoms with Crippen LogP contribution < -0.4 is 5.32 Å². The van der Waals surface area contributed by atoms with E-state index < -0.39 is 0 Å². The minimum absolute atomic E-state index is 0.770. The van der Waals surface area contributed by atoms with Crippen molar-refractivity contribution >= 4 is 0 Å². The molecule has 2 aliphatic rings. The van der Waals surface area contributed by atoms with Crippen LogP contribution in [0.5, 0.6) is 0 Å². The Bertz CT molecular complexity index is 145. The van der Waals surface area contributed by atoms with Crippen LogP contribution in [0.3, 0.4) is 0 Å². The molecule has 82 valence electrons. The van der Waals surface area contributed by atoms with Gasteiger partial charge in [0.05, 0.1) is 0 Å². The molecule has 0 unspecified atom stereocenters. The number of hydrogen-bond acceptors (Lipinski definition) is 3. The predicted octanol–water partition coefficient (Wildman–Crippen LogP) is 0.849. The van der Waals surface area contributed by atoms with Crippen molar-refractivity contribution in [2.75, 3.05) is 33.4 Å².